The first kappa shape index (κ1) is 6.95. The van der Waals surface area contributed by atoms with Gasteiger partial charge >= 0.3 is 0 Å². The molecule has 0 saturated carbocycles. The molecule has 4 heteroatoms. The monoisotopic (exact) mass is 139 g/mol. The van der Waals surface area contributed by atoms with Crippen LogP contribution in [-0.2, 0) is 6.54 Å². The fourth-order valence-corrected chi connectivity index (χ4v) is 0.599. The zero-order chi connectivity index (χ0) is 7.56. The Morgan fingerprint density at radius 3 is 3.00 bits per heavy atom. The number of nitrogens with two attached hydrogens (primary N) is 1. The van der Waals surface area contributed by atoms with Crippen molar-refractivity contribution in [1.29, 1.82) is 0 Å². The molecule has 1 heterocycles. The molecule has 10 heavy (non-hydrogen) atoms. The van der Waals surface area contributed by atoms with Crippen LogP contribution in [0.1, 0.15) is 11.4 Å². The molecule has 0 fully saturated rings. The second kappa shape index (κ2) is 2.62. The van der Waals surface area contributed by atoms with Gasteiger partial charge in [-0.1, -0.05) is 0 Å². The number of H-pyrrole nitrogens is 1. The minimum Gasteiger partial charge on any atom is -0.324 e. The van der Waals surface area contributed by atoms with Gasteiger partial charge in [-0.05, 0) is 6.92 Å². The fourth-order valence-electron chi connectivity index (χ4n) is 0.599. The number of hydrogen-bond acceptors (Lipinski definition) is 3. The predicted octanol–water partition coefficient (Wildman–Crippen LogP) is -0.463. The number of nitrogens with zero attached hydrogens (tertiary/aromatic N) is 1. The maximum atomic E-state index is 10.8. The molecule has 3 N–H and O–H groups in total. The first-order valence-electron chi connectivity index (χ1n) is 2.99. The molecule has 4 nitrogen and oxygen atoms in total. The topological polar surface area (TPSA) is 71.8 Å². The fraction of sp³-hybridized carbons (Fsp3) is 0.333. The van der Waals surface area contributed by atoms with Crippen molar-refractivity contribution in [3.05, 3.63) is 27.9 Å². The number of hydrogen-bond donors (Lipinski definition) is 2. The number of aromatic nitrogens is 2. The Balaban J connectivity index is 3.17. The predicted molar refractivity (Wildman–Crippen MR) is 37.5 cm³/mol. The Morgan fingerprint density at radius 1 is 1.80 bits per heavy atom. The van der Waals surface area contributed by atoms with Crippen LogP contribution in [0, 0.1) is 6.92 Å². The molecule has 0 aliphatic heterocycles. The van der Waals surface area contributed by atoms with E-state index >= 15 is 0 Å². The lowest BCUT2D eigenvalue weighted by atomic mass is 10.4. The van der Waals surface area contributed by atoms with Crippen LogP contribution in [0.3, 0.4) is 0 Å². The lowest BCUT2D eigenvalue weighted by Crippen LogP contribution is -2.15. The van der Waals surface area contributed by atoms with Crippen LogP contribution in [0.15, 0.2) is 11.0 Å². The Kier molecular flexibility index (Phi) is 1.82. The third-order valence-electron chi connectivity index (χ3n) is 1.22. The maximum Gasteiger partial charge on any atom is 0.253 e. The molecular formula is C6H9N3O. The van der Waals surface area contributed by atoms with Crippen LogP contribution in [0.4, 0.5) is 0 Å². The highest BCUT2D eigenvalue weighted by atomic mass is 16.1. The van der Waals surface area contributed by atoms with Gasteiger partial charge in [-0.2, -0.15) is 0 Å². The average molecular weight is 139 g/mol. The summed E-state index contributed by atoms with van der Waals surface area (Å²) in [7, 11) is 0. The number of nitrogens with one attached hydrogen (secondary N) is 1. The van der Waals surface area contributed by atoms with E-state index in [9.17, 15) is 4.79 Å². The number of aryl methyl sites for hydroxylation is 1. The summed E-state index contributed by atoms with van der Waals surface area (Å²) >= 11 is 0. The van der Waals surface area contributed by atoms with Gasteiger partial charge in [0.15, 0.2) is 0 Å². The maximum absolute atomic E-state index is 10.8. The van der Waals surface area contributed by atoms with E-state index in [1.54, 1.807) is 6.92 Å². The zero-order valence-corrected chi connectivity index (χ0v) is 5.72. The van der Waals surface area contributed by atoms with Crippen molar-refractivity contribution >= 4 is 0 Å². The van der Waals surface area contributed by atoms with E-state index in [-0.39, 0.29) is 12.1 Å². The molecule has 0 spiro atoms. The van der Waals surface area contributed by atoms with Crippen molar-refractivity contribution in [2.45, 2.75) is 13.5 Å². The van der Waals surface area contributed by atoms with E-state index in [1.165, 1.54) is 6.20 Å². The summed E-state index contributed by atoms with van der Waals surface area (Å²) in [4.78, 5) is 17.3. The highest BCUT2D eigenvalue weighted by Gasteiger charge is 1.93. The van der Waals surface area contributed by atoms with Gasteiger partial charge in [0.1, 0.15) is 5.82 Å². The van der Waals surface area contributed by atoms with E-state index in [4.69, 9.17) is 5.73 Å². The number of aromatic amines is 1. The van der Waals surface area contributed by atoms with Gasteiger partial charge in [0.2, 0.25) is 0 Å². The van der Waals surface area contributed by atoms with Gasteiger partial charge in [0.25, 0.3) is 5.56 Å². The normalized spacial score (nSPS) is 9.80. The second-order valence-corrected chi connectivity index (χ2v) is 2.05. The smallest absolute Gasteiger partial charge is 0.253 e. The van der Waals surface area contributed by atoms with E-state index in [1.807, 2.05) is 0 Å². The standard InChI is InChI=1S/C6H9N3O/c1-4-3-8-5(2-7)9-6(4)10/h3H,2,7H2,1H3,(H,8,9,10). The minimum absolute atomic E-state index is 0.115. The molecule has 0 amide bonds. The Labute approximate surface area is 58.1 Å². The van der Waals surface area contributed by atoms with Crippen LogP contribution < -0.4 is 11.3 Å². The average Bonchev–Trinajstić information content (AvgIpc) is 1.95. The summed E-state index contributed by atoms with van der Waals surface area (Å²) in [6, 6.07) is 0. The van der Waals surface area contributed by atoms with Crippen molar-refractivity contribution in [2.24, 2.45) is 5.73 Å². The summed E-state index contributed by atoms with van der Waals surface area (Å²) < 4.78 is 0. The molecule has 1 rings (SSSR count). The van der Waals surface area contributed by atoms with Crippen LogP contribution in [0.2, 0.25) is 0 Å². The van der Waals surface area contributed by atoms with Crippen LogP contribution in [0.25, 0.3) is 0 Å². The molecule has 0 saturated heterocycles. The van der Waals surface area contributed by atoms with Crippen molar-refractivity contribution in [3.63, 3.8) is 0 Å². The summed E-state index contributed by atoms with van der Waals surface area (Å²) in [5.74, 6) is 0.524. The van der Waals surface area contributed by atoms with Gasteiger partial charge in [0.05, 0.1) is 6.54 Å². The quantitative estimate of drug-likeness (QED) is 0.552. The van der Waals surface area contributed by atoms with E-state index < -0.39 is 0 Å². The van der Waals surface area contributed by atoms with Gasteiger partial charge in [-0.15, -0.1) is 0 Å². The van der Waals surface area contributed by atoms with Gasteiger partial charge in [-0.25, -0.2) is 4.98 Å². The third kappa shape index (κ3) is 1.22. The molecule has 0 aliphatic carbocycles. The molecule has 1 aromatic rings. The molecule has 0 atom stereocenters. The Bertz CT molecular complexity index is 279. The van der Waals surface area contributed by atoms with Gasteiger partial charge < -0.3 is 10.7 Å². The van der Waals surface area contributed by atoms with Crippen molar-refractivity contribution in [2.75, 3.05) is 0 Å². The van der Waals surface area contributed by atoms with Gasteiger partial charge in [-0.3, -0.25) is 4.79 Å². The Hall–Kier alpha value is -1.16. The lowest BCUT2D eigenvalue weighted by Gasteiger charge is -1.94. The van der Waals surface area contributed by atoms with Crippen LogP contribution in [-0.4, -0.2) is 9.97 Å². The number of rotatable bonds is 1. The van der Waals surface area contributed by atoms with E-state index in [2.05, 4.69) is 9.97 Å². The zero-order valence-electron chi connectivity index (χ0n) is 5.72. The largest absolute Gasteiger partial charge is 0.324 e. The van der Waals surface area contributed by atoms with E-state index in [0.29, 0.717) is 11.4 Å². The molecule has 0 radical (unpaired) electrons. The summed E-state index contributed by atoms with van der Waals surface area (Å²) in [6.07, 6.45) is 1.51. The highest BCUT2D eigenvalue weighted by molar-refractivity contribution is 5.02. The molecule has 1 aromatic heterocycles. The SMILES string of the molecule is Cc1cnc(CN)[nH]c1=O. The van der Waals surface area contributed by atoms with E-state index in [0.717, 1.165) is 0 Å². The molecule has 0 bridgehead atoms. The molecule has 0 unspecified atom stereocenters. The van der Waals surface area contributed by atoms with Gasteiger partial charge in [0, 0.05) is 11.8 Å². The third-order valence-corrected chi connectivity index (χ3v) is 1.22. The molecular weight excluding hydrogens is 130 g/mol. The molecule has 0 aliphatic rings. The lowest BCUT2D eigenvalue weighted by molar-refractivity contribution is 0.882. The van der Waals surface area contributed by atoms with Crippen LogP contribution >= 0.6 is 0 Å². The van der Waals surface area contributed by atoms with Crippen LogP contribution in [0.5, 0.6) is 0 Å². The second-order valence-electron chi connectivity index (χ2n) is 2.05. The van der Waals surface area contributed by atoms with Crippen molar-refractivity contribution < 1.29 is 0 Å². The molecule has 54 valence electrons. The van der Waals surface area contributed by atoms with Crippen molar-refractivity contribution in [1.82, 2.24) is 9.97 Å². The summed E-state index contributed by atoms with van der Waals surface area (Å²) in [5, 5.41) is 0. The highest BCUT2D eigenvalue weighted by Crippen LogP contribution is 1.84. The summed E-state index contributed by atoms with van der Waals surface area (Å²) in [6.45, 7) is 1.97. The minimum atomic E-state index is -0.115. The van der Waals surface area contributed by atoms with Crippen molar-refractivity contribution in [3.8, 4) is 0 Å². The first-order valence-corrected chi connectivity index (χ1v) is 2.99. The summed E-state index contributed by atoms with van der Waals surface area (Å²) in [5.41, 5.74) is 5.73. The Morgan fingerprint density at radius 2 is 2.50 bits per heavy atom. The molecule has 0 aromatic carbocycles. The first-order chi connectivity index (χ1) is 4.74.